The molecule has 2 aromatic rings. The number of hydrogen-bond donors (Lipinski definition) is 2. The van der Waals surface area contributed by atoms with Crippen molar-refractivity contribution in [3.05, 3.63) is 36.2 Å². The lowest BCUT2D eigenvalue weighted by atomic mass is 9.96. The zero-order chi connectivity index (χ0) is 13.8. The fraction of sp³-hybridized carbons (Fsp3) is 0.467. The van der Waals surface area contributed by atoms with Crippen LogP contribution < -0.4 is 10.6 Å². The van der Waals surface area contributed by atoms with Gasteiger partial charge in [0.15, 0.2) is 0 Å². The molecule has 2 N–H and O–H groups in total. The number of rotatable bonds is 4. The molecule has 0 saturated carbocycles. The number of fused-ring (bicyclic) bond motifs is 1. The summed E-state index contributed by atoms with van der Waals surface area (Å²) < 4.78 is 1.72. The Balaban J connectivity index is 1.56. The third kappa shape index (κ3) is 2.82. The van der Waals surface area contributed by atoms with Crippen molar-refractivity contribution in [1.82, 2.24) is 20.2 Å². The lowest BCUT2D eigenvalue weighted by Crippen LogP contribution is -2.33. The molecule has 2 aromatic heterocycles. The summed E-state index contributed by atoms with van der Waals surface area (Å²) >= 11 is 0. The number of pyridine rings is 1. The maximum Gasteiger partial charge on any atom is 0.255 e. The monoisotopic (exact) mass is 272 g/mol. The van der Waals surface area contributed by atoms with Gasteiger partial charge in [-0.1, -0.05) is 6.07 Å². The summed E-state index contributed by atoms with van der Waals surface area (Å²) in [6.45, 7) is 2.94. The number of piperidine rings is 1. The minimum Gasteiger partial charge on any atom is -0.352 e. The third-order valence-electron chi connectivity index (χ3n) is 3.91. The Kier molecular flexibility index (Phi) is 3.97. The van der Waals surface area contributed by atoms with Crippen LogP contribution in [0.25, 0.3) is 5.52 Å². The van der Waals surface area contributed by atoms with Crippen molar-refractivity contribution in [3.8, 4) is 0 Å². The predicted octanol–water partition coefficient (Wildman–Crippen LogP) is 1.45. The number of carbonyl (C=O) groups excluding carboxylic acids is 1. The van der Waals surface area contributed by atoms with E-state index in [0.29, 0.717) is 11.5 Å². The van der Waals surface area contributed by atoms with Gasteiger partial charge >= 0.3 is 0 Å². The summed E-state index contributed by atoms with van der Waals surface area (Å²) in [5, 5.41) is 10.6. The lowest BCUT2D eigenvalue weighted by molar-refractivity contribution is 0.0952. The molecule has 3 rings (SSSR count). The topological polar surface area (TPSA) is 58.4 Å². The molecule has 5 nitrogen and oxygen atoms in total. The zero-order valence-corrected chi connectivity index (χ0v) is 11.5. The van der Waals surface area contributed by atoms with Gasteiger partial charge < -0.3 is 10.6 Å². The number of nitrogens with zero attached hydrogens (tertiary/aromatic N) is 2. The molecule has 20 heavy (non-hydrogen) atoms. The van der Waals surface area contributed by atoms with Gasteiger partial charge in [-0.3, -0.25) is 4.79 Å². The molecule has 5 heteroatoms. The van der Waals surface area contributed by atoms with Crippen LogP contribution in [0.5, 0.6) is 0 Å². The third-order valence-corrected chi connectivity index (χ3v) is 3.91. The summed E-state index contributed by atoms with van der Waals surface area (Å²) in [6, 6.07) is 5.73. The van der Waals surface area contributed by atoms with Gasteiger partial charge in [-0.25, -0.2) is 4.52 Å². The molecule has 0 aromatic carbocycles. The molecule has 0 radical (unpaired) electrons. The second-order valence-electron chi connectivity index (χ2n) is 5.35. The Hall–Kier alpha value is -1.88. The highest BCUT2D eigenvalue weighted by Crippen LogP contribution is 2.13. The van der Waals surface area contributed by atoms with Crippen molar-refractivity contribution >= 4 is 11.4 Å². The molecule has 1 aliphatic heterocycles. The molecule has 1 saturated heterocycles. The summed E-state index contributed by atoms with van der Waals surface area (Å²) in [5.41, 5.74) is 1.50. The molecule has 1 fully saturated rings. The van der Waals surface area contributed by atoms with Crippen LogP contribution in [0, 0.1) is 5.92 Å². The second-order valence-corrected chi connectivity index (χ2v) is 5.35. The standard InChI is InChI=1S/C15H20N4O/c20-15(17-8-6-12-4-3-7-16-10-12)13-11-18-19-9-2-1-5-14(13)19/h1-2,5,9,11-12,16H,3-4,6-8,10H2,(H,17,20). The number of carbonyl (C=O) groups is 1. The summed E-state index contributed by atoms with van der Waals surface area (Å²) in [4.78, 5) is 12.2. The van der Waals surface area contributed by atoms with Gasteiger partial charge in [0, 0.05) is 12.7 Å². The van der Waals surface area contributed by atoms with Crippen LogP contribution in [-0.2, 0) is 0 Å². The highest BCUT2D eigenvalue weighted by Gasteiger charge is 2.15. The summed E-state index contributed by atoms with van der Waals surface area (Å²) in [6.07, 6.45) is 7.02. The Bertz CT molecular complexity index is 586. The van der Waals surface area contributed by atoms with Crippen LogP contribution in [0.3, 0.4) is 0 Å². The van der Waals surface area contributed by atoms with Gasteiger partial charge in [0.2, 0.25) is 0 Å². The lowest BCUT2D eigenvalue weighted by Gasteiger charge is -2.22. The number of amides is 1. The molecule has 106 valence electrons. The van der Waals surface area contributed by atoms with E-state index in [2.05, 4.69) is 15.7 Å². The normalized spacial score (nSPS) is 19.1. The smallest absolute Gasteiger partial charge is 0.255 e. The molecular weight excluding hydrogens is 252 g/mol. The molecule has 1 amide bonds. The average Bonchev–Trinajstić information content (AvgIpc) is 2.92. The van der Waals surface area contributed by atoms with Crippen molar-refractivity contribution in [2.24, 2.45) is 5.92 Å². The van der Waals surface area contributed by atoms with E-state index >= 15 is 0 Å². The van der Waals surface area contributed by atoms with Gasteiger partial charge in [0.05, 0.1) is 17.3 Å². The molecular formula is C15H20N4O. The van der Waals surface area contributed by atoms with Crippen molar-refractivity contribution in [2.45, 2.75) is 19.3 Å². The molecule has 0 spiro atoms. The van der Waals surface area contributed by atoms with E-state index < -0.39 is 0 Å². The van der Waals surface area contributed by atoms with Crippen molar-refractivity contribution in [1.29, 1.82) is 0 Å². The first kappa shape index (κ1) is 13.1. The molecule has 1 atom stereocenters. The predicted molar refractivity (Wildman–Crippen MR) is 77.7 cm³/mol. The number of hydrogen-bond acceptors (Lipinski definition) is 3. The zero-order valence-electron chi connectivity index (χ0n) is 11.5. The maximum atomic E-state index is 12.2. The highest BCUT2D eigenvalue weighted by atomic mass is 16.1. The minimum absolute atomic E-state index is 0.0324. The van der Waals surface area contributed by atoms with E-state index in [1.54, 1.807) is 10.7 Å². The Labute approximate surface area is 118 Å². The fourth-order valence-electron chi connectivity index (χ4n) is 2.76. The second kappa shape index (κ2) is 6.05. The van der Waals surface area contributed by atoms with Gasteiger partial charge in [-0.2, -0.15) is 5.10 Å². The van der Waals surface area contributed by atoms with E-state index in [0.717, 1.165) is 31.6 Å². The van der Waals surface area contributed by atoms with Crippen molar-refractivity contribution < 1.29 is 4.79 Å². The first-order valence-electron chi connectivity index (χ1n) is 7.26. The SMILES string of the molecule is O=C(NCCC1CCCNC1)c1cnn2ccccc12. The van der Waals surface area contributed by atoms with Gasteiger partial charge in [-0.15, -0.1) is 0 Å². The van der Waals surface area contributed by atoms with Crippen LogP contribution in [0.4, 0.5) is 0 Å². The highest BCUT2D eigenvalue weighted by molar-refractivity contribution is 6.00. The van der Waals surface area contributed by atoms with E-state index in [1.807, 2.05) is 24.4 Å². The Morgan fingerprint density at radius 2 is 2.45 bits per heavy atom. The van der Waals surface area contributed by atoms with E-state index in [-0.39, 0.29) is 5.91 Å². The van der Waals surface area contributed by atoms with Gasteiger partial charge in [0.1, 0.15) is 0 Å². The molecule has 1 unspecified atom stereocenters. The van der Waals surface area contributed by atoms with Crippen LogP contribution in [0.2, 0.25) is 0 Å². The number of nitrogens with one attached hydrogen (secondary N) is 2. The van der Waals surface area contributed by atoms with E-state index in [4.69, 9.17) is 0 Å². The molecule has 0 aliphatic carbocycles. The number of aromatic nitrogens is 2. The van der Waals surface area contributed by atoms with Crippen LogP contribution in [0.1, 0.15) is 29.6 Å². The van der Waals surface area contributed by atoms with Gasteiger partial charge in [-0.05, 0) is 50.4 Å². The fourth-order valence-corrected chi connectivity index (χ4v) is 2.76. The summed E-state index contributed by atoms with van der Waals surface area (Å²) in [7, 11) is 0. The maximum absolute atomic E-state index is 12.2. The first-order valence-corrected chi connectivity index (χ1v) is 7.26. The minimum atomic E-state index is -0.0324. The Morgan fingerprint density at radius 3 is 3.30 bits per heavy atom. The van der Waals surface area contributed by atoms with E-state index in [1.165, 1.54) is 12.8 Å². The molecule has 3 heterocycles. The first-order chi connectivity index (χ1) is 9.84. The molecule has 0 bridgehead atoms. The van der Waals surface area contributed by atoms with Crippen LogP contribution >= 0.6 is 0 Å². The van der Waals surface area contributed by atoms with Crippen LogP contribution in [0.15, 0.2) is 30.6 Å². The van der Waals surface area contributed by atoms with E-state index in [9.17, 15) is 4.79 Å². The molecule has 1 aliphatic rings. The average molecular weight is 272 g/mol. The van der Waals surface area contributed by atoms with Crippen molar-refractivity contribution in [2.75, 3.05) is 19.6 Å². The van der Waals surface area contributed by atoms with Gasteiger partial charge in [0.25, 0.3) is 5.91 Å². The quantitative estimate of drug-likeness (QED) is 0.886. The van der Waals surface area contributed by atoms with Crippen molar-refractivity contribution in [3.63, 3.8) is 0 Å². The summed E-state index contributed by atoms with van der Waals surface area (Å²) in [5.74, 6) is 0.655. The van der Waals surface area contributed by atoms with Crippen LogP contribution in [-0.4, -0.2) is 35.2 Å². The largest absolute Gasteiger partial charge is 0.352 e. The Morgan fingerprint density at radius 1 is 1.50 bits per heavy atom.